The van der Waals surface area contributed by atoms with Gasteiger partial charge < -0.3 is 0 Å². The lowest BCUT2D eigenvalue weighted by atomic mass is 10.2. The minimum Gasteiger partial charge on any atom is -0.0715 e. The molecular weight excluding hydrogens is 409 g/mol. The molecule has 0 amide bonds. The highest BCUT2D eigenvalue weighted by Gasteiger charge is 2.86. The Morgan fingerprint density at radius 1 is 0.538 bits per heavy atom. The highest BCUT2D eigenvalue weighted by atomic mass is 29.4. The summed E-state index contributed by atoms with van der Waals surface area (Å²) in [5.74, 6) is 0. The average Bonchev–Trinajstić information content (AvgIpc) is 2.42. The fraction of sp³-hybridized carbons (Fsp3) is 1.00. The van der Waals surface area contributed by atoms with E-state index < -0.39 is 45.5 Å². The van der Waals surface area contributed by atoms with E-state index in [0.29, 0.717) is 0 Å². The van der Waals surface area contributed by atoms with Crippen LogP contribution in [0, 0.1) is 0 Å². The third kappa shape index (κ3) is 2.32. The predicted octanol–water partition coefficient (Wildman–Crippen LogP) is 7.74. The van der Waals surface area contributed by atoms with Crippen molar-refractivity contribution in [2.45, 2.75) is 127 Å². The van der Waals surface area contributed by atoms with Crippen LogP contribution in [0.1, 0.15) is 39.0 Å². The van der Waals surface area contributed by atoms with Gasteiger partial charge in [0.2, 0.25) is 0 Å². The maximum atomic E-state index is 2.95. The summed E-state index contributed by atoms with van der Waals surface area (Å²) < 4.78 is 0.927. The molecule has 0 atom stereocenters. The summed E-state index contributed by atoms with van der Waals surface area (Å²) >= 11 is 0. The summed E-state index contributed by atoms with van der Waals surface area (Å²) in [6.07, 6.45) is 7.58. The van der Waals surface area contributed by atoms with E-state index in [4.69, 9.17) is 0 Å². The third-order valence-corrected chi connectivity index (χ3v) is 102. The van der Waals surface area contributed by atoms with Crippen molar-refractivity contribution < 1.29 is 0 Å². The van der Waals surface area contributed by atoms with Crippen LogP contribution < -0.4 is 0 Å². The van der Waals surface area contributed by atoms with E-state index in [0.717, 1.165) is 4.28 Å². The van der Waals surface area contributed by atoms with Crippen LogP contribution >= 0.6 is 0 Å². The van der Waals surface area contributed by atoms with Crippen LogP contribution in [0.2, 0.25) is 87.6 Å². The zero-order chi connectivity index (χ0) is 20.6. The van der Waals surface area contributed by atoms with E-state index in [1.54, 1.807) is 12.8 Å². The second-order valence-corrected chi connectivity index (χ2v) is 63.6. The van der Waals surface area contributed by atoms with Gasteiger partial charge in [-0.1, -0.05) is 122 Å². The van der Waals surface area contributed by atoms with Crippen LogP contribution in [-0.4, -0.2) is 45.5 Å². The van der Waals surface area contributed by atoms with Crippen molar-refractivity contribution in [3.63, 3.8) is 0 Å². The lowest BCUT2D eigenvalue weighted by Gasteiger charge is -2.85. The molecule has 3 rings (SSSR count). The van der Waals surface area contributed by atoms with Crippen molar-refractivity contribution in [3.8, 4) is 0 Å². The molecule has 0 N–H and O–H groups in total. The van der Waals surface area contributed by atoms with Crippen LogP contribution in [0.15, 0.2) is 0 Å². The standard InChI is InChI=1S/C20H50Si6/c1-14-15-16-17-18-20-24(8,9)21(2,3)19(22(4,5)25(20,10)11)23(6,7)26(20,12)13/h19H,14-18H2,1-13H3. The molecule has 3 aliphatic rings. The molecule has 0 aromatic heterocycles. The number of hydrogen-bond donors (Lipinski definition) is 0. The monoisotopic (exact) mass is 458 g/mol. The van der Waals surface area contributed by atoms with E-state index in [1.165, 1.54) is 24.1 Å². The Hall–Kier alpha value is 1.30. The topological polar surface area (TPSA) is 0 Å². The van der Waals surface area contributed by atoms with Gasteiger partial charge in [0, 0.05) is 45.5 Å². The highest BCUT2D eigenvalue weighted by molar-refractivity contribution is 7.76. The largest absolute Gasteiger partial charge is 0.0715 e. The first-order chi connectivity index (χ1) is 11.4. The Morgan fingerprint density at radius 3 is 1.19 bits per heavy atom. The quantitative estimate of drug-likeness (QED) is 0.292. The van der Waals surface area contributed by atoms with Crippen molar-refractivity contribution in [1.82, 2.24) is 0 Å². The molecule has 26 heavy (non-hydrogen) atoms. The van der Waals surface area contributed by atoms with Crippen molar-refractivity contribution in [1.29, 1.82) is 0 Å². The molecule has 0 radical (unpaired) electrons. The minimum absolute atomic E-state index is 0.927. The summed E-state index contributed by atoms with van der Waals surface area (Å²) in [7, 11) is -7.14. The fourth-order valence-electron chi connectivity index (χ4n) is 9.54. The van der Waals surface area contributed by atoms with Gasteiger partial charge >= 0.3 is 0 Å². The first-order valence-electron chi connectivity index (χ1n) is 11.4. The normalized spacial score (nSPS) is 37.5. The molecule has 3 heterocycles. The van der Waals surface area contributed by atoms with Crippen LogP contribution in [0.5, 0.6) is 0 Å². The molecule has 0 saturated carbocycles. The van der Waals surface area contributed by atoms with Crippen molar-refractivity contribution in [3.05, 3.63) is 0 Å². The summed E-state index contributed by atoms with van der Waals surface area (Å²) in [6, 6.07) is 0. The zero-order valence-corrected chi connectivity index (χ0v) is 26.6. The lowest BCUT2D eigenvalue weighted by Crippen LogP contribution is -3.00. The Balaban J connectivity index is 2.80. The van der Waals surface area contributed by atoms with Crippen molar-refractivity contribution in [2.75, 3.05) is 0 Å². The molecule has 0 aromatic carbocycles. The highest BCUT2D eigenvalue weighted by Crippen LogP contribution is 2.76. The first-order valence-corrected chi connectivity index (χ1v) is 32.7. The summed E-state index contributed by atoms with van der Waals surface area (Å²) in [6.45, 7) is 37.6. The average molecular weight is 459 g/mol. The van der Waals surface area contributed by atoms with Gasteiger partial charge in [-0.15, -0.1) is 0 Å². The Morgan fingerprint density at radius 2 is 0.885 bits per heavy atom. The SMILES string of the molecule is CCCCCCC12[Si](C)(C)[Si](C)(C)C([Si](C)(C)[Si]1(C)C)[Si](C)(C)[Si]2(C)C. The Bertz CT molecular complexity index is 489. The van der Waals surface area contributed by atoms with E-state index in [9.17, 15) is 0 Å². The molecule has 2 bridgehead atoms. The van der Waals surface area contributed by atoms with Gasteiger partial charge in [-0.2, -0.15) is 0 Å². The molecule has 3 aliphatic heterocycles. The molecule has 6 heteroatoms. The zero-order valence-electron chi connectivity index (χ0n) is 20.6. The molecule has 3 saturated heterocycles. The maximum absolute atomic E-state index is 2.95. The van der Waals surface area contributed by atoms with Gasteiger partial charge in [-0.3, -0.25) is 0 Å². The first kappa shape index (κ1) is 23.6. The minimum atomic E-state index is -1.22. The van der Waals surface area contributed by atoms with Gasteiger partial charge in [0.15, 0.2) is 0 Å². The Kier molecular flexibility index (Phi) is 5.80. The molecule has 0 aliphatic carbocycles. The van der Waals surface area contributed by atoms with E-state index in [-0.39, 0.29) is 0 Å². The van der Waals surface area contributed by atoms with Gasteiger partial charge in [0.05, 0.1) is 0 Å². The number of unbranched alkanes of at least 4 members (excludes halogenated alkanes) is 3. The predicted molar refractivity (Wildman–Crippen MR) is 140 cm³/mol. The van der Waals surface area contributed by atoms with Crippen molar-refractivity contribution >= 4 is 45.5 Å². The smallest absolute Gasteiger partial charge is 0.0415 e. The molecule has 0 unspecified atom stereocenters. The third-order valence-electron chi connectivity index (χ3n) is 11.6. The molecular formula is C20H50Si6. The number of fused-ring (bicyclic) bond motifs is 3. The molecule has 0 nitrogen and oxygen atoms in total. The summed E-state index contributed by atoms with van der Waals surface area (Å²) in [5.41, 5.74) is 0. The number of hydrogen-bond acceptors (Lipinski definition) is 0. The molecule has 154 valence electrons. The second kappa shape index (κ2) is 6.40. The summed E-state index contributed by atoms with van der Waals surface area (Å²) in [4.78, 5) is 1.31. The fourth-order valence-corrected chi connectivity index (χ4v) is 156. The van der Waals surface area contributed by atoms with Gasteiger partial charge in [0.1, 0.15) is 0 Å². The maximum Gasteiger partial charge on any atom is 0.0415 e. The van der Waals surface area contributed by atoms with E-state index >= 15 is 0 Å². The lowest BCUT2D eigenvalue weighted by molar-refractivity contribution is 0.618. The Labute approximate surface area is 171 Å². The molecule has 3 fully saturated rings. The van der Waals surface area contributed by atoms with Crippen molar-refractivity contribution in [2.24, 2.45) is 0 Å². The van der Waals surface area contributed by atoms with E-state index in [2.05, 4.69) is 85.5 Å². The molecule has 0 spiro atoms. The van der Waals surface area contributed by atoms with E-state index in [1.807, 2.05) is 0 Å². The van der Waals surface area contributed by atoms with Gasteiger partial charge in [-0.25, -0.2) is 0 Å². The second-order valence-electron chi connectivity index (χ2n) is 13.2. The van der Waals surface area contributed by atoms with Gasteiger partial charge in [-0.05, 0) is 4.28 Å². The summed E-state index contributed by atoms with van der Waals surface area (Å²) in [5, 5.41) is 0. The van der Waals surface area contributed by atoms with Gasteiger partial charge in [0.25, 0.3) is 0 Å². The number of rotatable bonds is 5. The van der Waals surface area contributed by atoms with Crippen LogP contribution in [0.4, 0.5) is 0 Å². The molecule has 0 aromatic rings. The van der Waals surface area contributed by atoms with Crippen LogP contribution in [-0.2, 0) is 0 Å². The van der Waals surface area contributed by atoms with Crippen LogP contribution in [0.25, 0.3) is 0 Å². The van der Waals surface area contributed by atoms with Crippen LogP contribution in [0.3, 0.4) is 0 Å².